The van der Waals surface area contributed by atoms with Gasteiger partial charge in [-0.05, 0) is 24.3 Å². The highest BCUT2D eigenvalue weighted by Gasteiger charge is 2.29. The van der Waals surface area contributed by atoms with Crippen molar-refractivity contribution in [2.24, 2.45) is 5.92 Å². The molecule has 0 aromatic heterocycles. The van der Waals surface area contributed by atoms with Gasteiger partial charge in [-0.15, -0.1) is 0 Å². The number of carbonyl (C=O) groups is 2. The van der Waals surface area contributed by atoms with E-state index in [-0.39, 0.29) is 5.91 Å². The van der Waals surface area contributed by atoms with Crippen molar-refractivity contribution in [2.75, 3.05) is 7.05 Å². The Morgan fingerprint density at radius 1 is 1.53 bits per heavy atom. The van der Waals surface area contributed by atoms with Gasteiger partial charge >= 0.3 is 5.97 Å². The van der Waals surface area contributed by atoms with Crippen molar-refractivity contribution in [3.8, 4) is 0 Å². The molecule has 1 N–H and O–H groups in total. The van der Waals surface area contributed by atoms with E-state index < -0.39 is 12.0 Å². The minimum atomic E-state index is -0.976. The zero-order valence-corrected chi connectivity index (χ0v) is 10.5. The molecule has 0 radical (unpaired) electrons. The predicted molar refractivity (Wildman–Crippen MR) is 65.5 cm³/mol. The number of amides is 1. The Kier molecular flexibility index (Phi) is 4.49. The Morgan fingerprint density at radius 2 is 2.18 bits per heavy atom. The Balaban J connectivity index is 2.98. The van der Waals surface area contributed by atoms with Crippen LogP contribution in [0.2, 0.25) is 0 Å². The summed E-state index contributed by atoms with van der Waals surface area (Å²) in [5.41, 5.74) is 0.788. The number of carboxylic acid groups (broad SMARTS) is 1. The number of nitrogens with zero attached hydrogens (tertiary/aromatic N) is 1. The smallest absolute Gasteiger partial charge is 0.330 e. The maximum Gasteiger partial charge on any atom is 0.330 e. The summed E-state index contributed by atoms with van der Waals surface area (Å²) in [5, 5.41) is 9.26. The van der Waals surface area contributed by atoms with Gasteiger partial charge in [0.1, 0.15) is 0 Å². The van der Waals surface area contributed by atoms with Crippen molar-refractivity contribution >= 4 is 11.9 Å². The van der Waals surface area contributed by atoms with Crippen molar-refractivity contribution in [2.45, 2.75) is 32.7 Å². The van der Waals surface area contributed by atoms with Crippen molar-refractivity contribution in [3.63, 3.8) is 0 Å². The van der Waals surface area contributed by atoms with Crippen molar-refractivity contribution < 1.29 is 14.7 Å². The highest BCUT2D eigenvalue weighted by molar-refractivity contribution is 5.84. The quantitative estimate of drug-likeness (QED) is 0.814. The summed E-state index contributed by atoms with van der Waals surface area (Å²) >= 11 is 0. The van der Waals surface area contributed by atoms with Crippen LogP contribution in [-0.4, -0.2) is 35.0 Å². The highest BCUT2D eigenvalue weighted by Crippen LogP contribution is 2.24. The Labute approximate surface area is 102 Å². The molecule has 1 amide bonds. The van der Waals surface area contributed by atoms with Crippen LogP contribution in [0.25, 0.3) is 0 Å². The molecule has 0 spiro atoms. The van der Waals surface area contributed by atoms with Gasteiger partial charge in [0.15, 0.2) is 6.04 Å². The van der Waals surface area contributed by atoms with Crippen molar-refractivity contribution in [1.82, 2.24) is 4.90 Å². The third-order valence-corrected chi connectivity index (χ3v) is 3.04. The minimum Gasteiger partial charge on any atom is -0.479 e. The van der Waals surface area contributed by atoms with Gasteiger partial charge < -0.3 is 10.0 Å². The second-order valence-corrected chi connectivity index (χ2v) is 4.59. The van der Waals surface area contributed by atoms with Crippen LogP contribution < -0.4 is 0 Å². The molecule has 4 heteroatoms. The average Bonchev–Trinajstić information content (AvgIpc) is 2.42. The van der Waals surface area contributed by atoms with Gasteiger partial charge in [0.2, 0.25) is 5.91 Å². The lowest BCUT2D eigenvalue weighted by molar-refractivity contribution is -0.146. The molecule has 2 unspecified atom stereocenters. The number of allylic oxidation sites excluding steroid dienone is 3. The van der Waals surface area contributed by atoms with E-state index in [1.807, 2.05) is 18.2 Å². The summed E-state index contributed by atoms with van der Waals surface area (Å²) in [6.07, 6.45) is 7.38. The molecule has 0 heterocycles. The molecule has 0 saturated heterocycles. The standard InChI is InChI=1S/C13H19NO3/c1-9-6-4-5-7-11(8-9)12(13(16)17)14(3)10(2)15/h4-5,7,9,12H,6,8H2,1-3H3,(H,16,17). The Morgan fingerprint density at radius 3 is 2.71 bits per heavy atom. The molecule has 0 bridgehead atoms. The topological polar surface area (TPSA) is 57.6 Å². The Hall–Kier alpha value is -1.58. The lowest BCUT2D eigenvalue weighted by Gasteiger charge is -2.26. The third kappa shape index (κ3) is 3.44. The zero-order valence-electron chi connectivity index (χ0n) is 10.5. The van der Waals surface area contributed by atoms with Crippen LogP contribution in [-0.2, 0) is 9.59 Å². The van der Waals surface area contributed by atoms with Crippen molar-refractivity contribution in [3.05, 3.63) is 23.8 Å². The first-order chi connectivity index (χ1) is 7.93. The molecule has 94 valence electrons. The largest absolute Gasteiger partial charge is 0.479 e. The van der Waals surface area contributed by atoms with Crippen LogP contribution in [0, 0.1) is 5.92 Å². The van der Waals surface area contributed by atoms with Crippen LogP contribution in [0.4, 0.5) is 0 Å². The van der Waals surface area contributed by atoms with E-state index in [9.17, 15) is 14.7 Å². The first kappa shape index (κ1) is 13.5. The number of carbonyl (C=O) groups excluding carboxylic acids is 1. The first-order valence-corrected chi connectivity index (χ1v) is 5.75. The van der Waals surface area contributed by atoms with E-state index in [1.54, 1.807) is 0 Å². The van der Waals surface area contributed by atoms with Crippen LogP contribution in [0.5, 0.6) is 0 Å². The Bertz CT molecular complexity index is 371. The van der Waals surface area contributed by atoms with Crippen molar-refractivity contribution in [1.29, 1.82) is 0 Å². The summed E-state index contributed by atoms with van der Waals surface area (Å²) < 4.78 is 0. The molecule has 2 atom stereocenters. The number of rotatable bonds is 3. The maximum absolute atomic E-state index is 11.3. The van der Waals surface area contributed by atoms with Gasteiger partial charge in [-0.2, -0.15) is 0 Å². The third-order valence-electron chi connectivity index (χ3n) is 3.04. The maximum atomic E-state index is 11.3. The zero-order chi connectivity index (χ0) is 13.0. The predicted octanol–water partition coefficient (Wildman–Crippen LogP) is 1.83. The van der Waals surface area contributed by atoms with Gasteiger partial charge in [-0.1, -0.05) is 25.2 Å². The van der Waals surface area contributed by atoms with Gasteiger partial charge in [0, 0.05) is 14.0 Å². The molecule has 0 aromatic carbocycles. The normalized spacial score (nSPS) is 21.4. The molecule has 0 saturated carbocycles. The second kappa shape index (κ2) is 5.66. The van der Waals surface area contributed by atoms with Crippen LogP contribution in [0.3, 0.4) is 0 Å². The lowest BCUT2D eigenvalue weighted by atomic mass is 9.94. The SMILES string of the molecule is CC(=O)N(C)C(C(=O)O)C1=CC=CCC(C)C1. The minimum absolute atomic E-state index is 0.237. The summed E-state index contributed by atoms with van der Waals surface area (Å²) in [6, 6.07) is -0.849. The van der Waals surface area contributed by atoms with E-state index in [0.29, 0.717) is 12.3 Å². The van der Waals surface area contributed by atoms with E-state index in [4.69, 9.17) is 0 Å². The first-order valence-electron chi connectivity index (χ1n) is 5.75. The molecule has 1 aliphatic rings. The molecular formula is C13H19NO3. The molecule has 17 heavy (non-hydrogen) atoms. The fraction of sp³-hybridized carbons (Fsp3) is 0.538. The fourth-order valence-electron chi connectivity index (χ4n) is 2.01. The van der Waals surface area contributed by atoms with Crippen LogP contribution >= 0.6 is 0 Å². The molecule has 1 rings (SSSR count). The van der Waals surface area contributed by atoms with E-state index in [0.717, 1.165) is 12.0 Å². The molecule has 0 fully saturated rings. The number of hydrogen-bond donors (Lipinski definition) is 1. The monoisotopic (exact) mass is 237 g/mol. The van der Waals surface area contributed by atoms with Gasteiger partial charge in [-0.25, -0.2) is 4.79 Å². The van der Waals surface area contributed by atoms with Gasteiger partial charge in [0.25, 0.3) is 0 Å². The molecule has 1 aliphatic carbocycles. The molecule has 4 nitrogen and oxygen atoms in total. The molecule has 0 aliphatic heterocycles. The number of aliphatic carboxylic acids is 1. The van der Waals surface area contributed by atoms with E-state index >= 15 is 0 Å². The number of hydrogen-bond acceptors (Lipinski definition) is 2. The fourth-order valence-corrected chi connectivity index (χ4v) is 2.01. The highest BCUT2D eigenvalue weighted by atomic mass is 16.4. The molecular weight excluding hydrogens is 218 g/mol. The number of carboxylic acids is 1. The van der Waals surface area contributed by atoms with Crippen LogP contribution in [0.1, 0.15) is 26.7 Å². The number of likely N-dealkylation sites (N-methyl/N-ethyl adjacent to an activating group) is 1. The van der Waals surface area contributed by atoms with Gasteiger partial charge in [0.05, 0.1) is 0 Å². The van der Waals surface area contributed by atoms with Crippen LogP contribution in [0.15, 0.2) is 23.8 Å². The second-order valence-electron chi connectivity index (χ2n) is 4.59. The summed E-state index contributed by atoms with van der Waals surface area (Å²) in [6.45, 7) is 3.46. The van der Waals surface area contributed by atoms with E-state index in [1.165, 1.54) is 18.9 Å². The lowest BCUT2D eigenvalue weighted by Crippen LogP contribution is -2.42. The summed E-state index contributed by atoms with van der Waals surface area (Å²) in [7, 11) is 1.53. The summed E-state index contributed by atoms with van der Waals surface area (Å²) in [4.78, 5) is 23.9. The van der Waals surface area contributed by atoms with Gasteiger partial charge in [-0.3, -0.25) is 4.79 Å². The van der Waals surface area contributed by atoms with E-state index in [2.05, 4.69) is 6.92 Å². The summed E-state index contributed by atoms with van der Waals surface area (Å²) in [5.74, 6) is -0.808. The average molecular weight is 237 g/mol. The molecule has 0 aromatic rings.